The van der Waals surface area contributed by atoms with Gasteiger partial charge in [0.1, 0.15) is 5.75 Å². The van der Waals surface area contributed by atoms with Crippen LogP contribution in [0.1, 0.15) is 63.4 Å². The Morgan fingerprint density at radius 3 is 2.28 bits per heavy atom. The molecule has 4 atom stereocenters. The van der Waals surface area contributed by atoms with Crippen LogP contribution in [0.2, 0.25) is 0 Å². The molecule has 1 amide bonds. The Morgan fingerprint density at radius 2 is 1.67 bits per heavy atom. The van der Waals surface area contributed by atoms with E-state index in [2.05, 4.69) is 14.9 Å². The van der Waals surface area contributed by atoms with Crippen LogP contribution >= 0.6 is 0 Å². The van der Waals surface area contributed by atoms with Crippen LogP contribution in [0.5, 0.6) is 5.75 Å². The van der Waals surface area contributed by atoms with E-state index in [1.807, 2.05) is 30.3 Å². The zero-order valence-electron chi connectivity index (χ0n) is 25.4. The summed E-state index contributed by atoms with van der Waals surface area (Å²) in [5, 5.41) is 15.0. The van der Waals surface area contributed by atoms with Crippen molar-refractivity contribution in [2.75, 3.05) is 27.4 Å². The summed E-state index contributed by atoms with van der Waals surface area (Å²) in [5.74, 6) is 0.635. The molecule has 10 heteroatoms. The van der Waals surface area contributed by atoms with Crippen molar-refractivity contribution in [2.24, 2.45) is 5.41 Å². The lowest BCUT2D eigenvalue weighted by Crippen LogP contribution is -2.57. The molecule has 2 bridgehead atoms. The van der Waals surface area contributed by atoms with Crippen LogP contribution < -0.4 is 14.8 Å². The normalized spacial score (nSPS) is 24.9. The molecule has 3 aliphatic rings. The summed E-state index contributed by atoms with van der Waals surface area (Å²) in [6, 6.07) is 16.2. The third-order valence-corrected chi connectivity index (χ3v) is 11.4. The summed E-state index contributed by atoms with van der Waals surface area (Å²) in [6.07, 6.45) is 7.54. The molecule has 2 unspecified atom stereocenters. The SMILES string of the molecule is COCCC1(C(=O)N[C@@H](Cc2ccccc2)[C@@H](O)CN2C3CCC2CC(NS(=O)(=O)c2ccc(OC)cc2)C3)CCCC1. The molecule has 2 saturated heterocycles. The highest BCUT2D eigenvalue weighted by Crippen LogP contribution is 2.42. The number of aliphatic hydroxyl groups is 1. The van der Waals surface area contributed by atoms with E-state index in [0.717, 1.165) is 44.1 Å². The predicted molar refractivity (Wildman–Crippen MR) is 165 cm³/mol. The van der Waals surface area contributed by atoms with Gasteiger partial charge < -0.3 is 19.9 Å². The molecule has 2 aromatic rings. The summed E-state index contributed by atoms with van der Waals surface area (Å²) in [7, 11) is -0.435. The van der Waals surface area contributed by atoms with Crippen molar-refractivity contribution in [3.05, 3.63) is 60.2 Å². The maximum atomic E-state index is 13.8. The second kappa shape index (κ2) is 14.1. The molecule has 0 aromatic heterocycles. The van der Waals surface area contributed by atoms with E-state index in [9.17, 15) is 18.3 Å². The molecule has 3 N–H and O–H groups in total. The summed E-state index contributed by atoms with van der Waals surface area (Å²) < 4.78 is 39.7. The number of amides is 1. The number of rotatable bonds is 14. The molecular formula is C33H47N3O6S. The van der Waals surface area contributed by atoms with Crippen molar-refractivity contribution in [3.63, 3.8) is 0 Å². The number of hydrogen-bond acceptors (Lipinski definition) is 7. The average Bonchev–Trinajstić information content (AvgIpc) is 3.58. The third-order valence-electron chi connectivity index (χ3n) is 9.88. The minimum atomic E-state index is -3.66. The minimum absolute atomic E-state index is 0.0247. The molecule has 9 nitrogen and oxygen atoms in total. The van der Waals surface area contributed by atoms with Crippen molar-refractivity contribution < 1.29 is 27.8 Å². The van der Waals surface area contributed by atoms with E-state index in [1.54, 1.807) is 38.5 Å². The van der Waals surface area contributed by atoms with E-state index in [1.165, 1.54) is 0 Å². The lowest BCUT2D eigenvalue weighted by atomic mass is 9.81. The molecule has 5 rings (SSSR count). The largest absolute Gasteiger partial charge is 0.497 e. The Morgan fingerprint density at radius 1 is 1.02 bits per heavy atom. The van der Waals surface area contributed by atoms with Gasteiger partial charge in [-0.1, -0.05) is 43.2 Å². The van der Waals surface area contributed by atoms with E-state index in [-0.39, 0.29) is 28.9 Å². The van der Waals surface area contributed by atoms with Gasteiger partial charge in [-0.25, -0.2) is 13.1 Å². The first-order chi connectivity index (χ1) is 20.7. The number of fused-ring (bicyclic) bond motifs is 2. The summed E-state index contributed by atoms with van der Waals surface area (Å²) in [6.45, 7) is 0.982. The fraction of sp³-hybridized carbons (Fsp3) is 0.606. The van der Waals surface area contributed by atoms with Gasteiger partial charge in [0.2, 0.25) is 15.9 Å². The van der Waals surface area contributed by atoms with Gasteiger partial charge >= 0.3 is 0 Å². The zero-order chi connectivity index (χ0) is 30.5. The van der Waals surface area contributed by atoms with Crippen molar-refractivity contribution in [3.8, 4) is 5.75 Å². The Balaban J connectivity index is 1.25. The van der Waals surface area contributed by atoms with Gasteiger partial charge in [0.15, 0.2) is 0 Å². The van der Waals surface area contributed by atoms with Crippen LogP contribution in [0, 0.1) is 5.41 Å². The van der Waals surface area contributed by atoms with Crippen molar-refractivity contribution in [1.29, 1.82) is 0 Å². The van der Waals surface area contributed by atoms with Crippen LogP contribution in [0.4, 0.5) is 0 Å². The molecule has 1 aliphatic carbocycles. The molecule has 2 heterocycles. The predicted octanol–water partition coefficient (Wildman–Crippen LogP) is 3.65. The first kappa shape index (κ1) is 31.9. The second-order valence-corrected chi connectivity index (χ2v) is 14.3. The number of carbonyl (C=O) groups excluding carboxylic acids is 1. The Hall–Kier alpha value is -2.50. The molecule has 236 valence electrons. The van der Waals surface area contributed by atoms with Gasteiger partial charge in [-0.2, -0.15) is 0 Å². The number of ether oxygens (including phenoxy) is 2. The fourth-order valence-electron chi connectivity index (χ4n) is 7.47. The first-order valence-corrected chi connectivity index (χ1v) is 17.2. The van der Waals surface area contributed by atoms with Crippen LogP contribution in [-0.2, 0) is 26.0 Å². The standard InChI is InChI=1S/C33H47N3O6S/c1-41-19-18-33(16-6-7-17-33)32(38)34-30(20-24-8-4-3-5-9-24)31(37)23-36-26-10-11-27(36)22-25(21-26)35-43(39,40)29-14-12-28(42-2)13-15-29/h3-5,8-9,12-15,25-27,30-31,35,37H,6-7,10-11,16-23H2,1-2H3,(H,34,38)/t25?,26?,27?,30-,31-/m0/s1. The molecule has 2 aromatic carbocycles. The van der Waals surface area contributed by atoms with Crippen LogP contribution in [0.15, 0.2) is 59.5 Å². The van der Waals surface area contributed by atoms with Gasteiger partial charge in [-0.3, -0.25) is 9.69 Å². The number of piperidine rings is 1. The molecule has 3 fully saturated rings. The number of methoxy groups -OCH3 is 2. The average molecular weight is 614 g/mol. The number of nitrogens with zero attached hydrogens (tertiary/aromatic N) is 1. The topological polar surface area (TPSA) is 117 Å². The van der Waals surface area contributed by atoms with Crippen molar-refractivity contribution >= 4 is 15.9 Å². The van der Waals surface area contributed by atoms with E-state index in [4.69, 9.17) is 9.47 Å². The number of benzene rings is 2. The molecular weight excluding hydrogens is 566 g/mol. The monoisotopic (exact) mass is 613 g/mol. The Labute approximate surface area is 256 Å². The first-order valence-electron chi connectivity index (χ1n) is 15.7. The van der Waals surface area contributed by atoms with Crippen LogP contribution in [0.3, 0.4) is 0 Å². The molecule has 1 saturated carbocycles. The Bertz CT molecular complexity index is 1290. The Kier molecular flexibility index (Phi) is 10.4. The highest BCUT2D eigenvalue weighted by Gasteiger charge is 2.45. The zero-order valence-corrected chi connectivity index (χ0v) is 26.2. The molecule has 43 heavy (non-hydrogen) atoms. The lowest BCUT2D eigenvalue weighted by molar-refractivity contribution is -0.133. The third kappa shape index (κ3) is 7.60. The van der Waals surface area contributed by atoms with Gasteiger partial charge in [0.25, 0.3) is 0 Å². The lowest BCUT2D eigenvalue weighted by Gasteiger charge is -2.41. The van der Waals surface area contributed by atoms with Gasteiger partial charge in [-0.15, -0.1) is 0 Å². The molecule has 0 spiro atoms. The van der Waals surface area contributed by atoms with Crippen LogP contribution in [-0.4, -0.2) is 82.0 Å². The minimum Gasteiger partial charge on any atom is -0.497 e. The number of nitrogens with one attached hydrogen (secondary N) is 2. The molecule has 0 radical (unpaired) electrons. The number of hydrogen-bond donors (Lipinski definition) is 3. The quantitative estimate of drug-likeness (QED) is 0.298. The number of sulfonamides is 1. The van der Waals surface area contributed by atoms with E-state index >= 15 is 0 Å². The number of aliphatic hydroxyl groups excluding tert-OH is 1. The van der Waals surface area contributed by atoms with Crippen molar-refractivity contribution in [2.45, 2.75) is 99.4 Å². The maximum Gasteiger partial charge on any atom is 0.240 e. The highest BCUT2D eigenvalue weighted by atomic mass is 32.2. The van der Waals surface area contributed by atoms with Crippen molar-refractivity contribution in [1.82, 2.24) is 14.9 Å². The second-order valence-electron chi connectivity index (χ2n) is 12.6. The summed E-state index contributed by atoms with van der Waals surface area (Å²) >= 11 is 0. The van der Waals surface area contributed by atoms with Crippen LogP contribution in [0.25, 0.3) is 0 Å². The van der Waals surface area contributed by atoms with Gasteiger partial charge in [0, 0.05) is 38.4 Å². The summed E-state index contributed by atoms with van der Waals surface area (Å²) in [5.41, 5.74) is 0.627. The van der Waals surface area contributed by atoms with Gasteiger partial charge in [0.05, 0.1) is 29.6 Å². The van der Waals surface area contributed by atoms with E-state index < -0.39 is 27.6 Å². The van der Waals surface area contributed by atoms with Gasteiger partial charge in [-0.05, 0) is 81.2 Å². The summed E-state index contributed by atoms with van der Waals surface area (Å²) in [4.78, 5) is 16.4. The molecule has 2 aliphatic heterocycles. The highest BCUT2D eigenvalue weighted by molar-refractivity contribution is 7.89. The fourth-order valence-corrected chi connectivity index (χ4v) is 8.73. The van der Waals surface area contributed by atoms with E-state index in [0.29, 0.717) is 44.6 Å². The number of carbonyl (C=O) groups is 1. The smallest absolute Gasteiger partial charge is 0.240 e. The maximum absolute atomic E-state index is 13.8.